The summed E-state index contributed by atoms with van der Waals surface area (Å²) >= 11 is 5.32. The zero-order valence-electron chi connectivity index (χ0n) is 20.2. The Morgan fingerprint density at radius 3 is 2.50 bits per heavy atom. The summed E-state index contributed by atoms with van der Waals surface area (Å²) in [6.45, 7) is 8.34. The molecule has 0 atom stereocenters. The third-order valence-electron chi connectivity index (χ3n) is 5.54. The van der Waals surface area contributed by atoms with Gasteiger partial charge in [-0.1, -0.05) is 26.0 Å². The van der Waals surface area contributed by atoms with Gasteiger partial charge in [0, 0.05) is 18.8 Å². The summed E-state index contributed by atoms with van der Waals surface area (Å²) in [5, 5.41) is 7.73. The molecule has 0 aromatic heterocycles. The van der Waals surface area contributed by atoms with Crippen LogP contribution in [0.4, 0.5) is 5.69 Å². The number of piperidine rings is 1. The molecule has 182 valence electrons. The molecule has 1 heterocycles. The molecule has 1 saturated heterocycles. The molecular weight excluding hydrogens is 448 g/mol. The van der Waals surface area contributed by atoms with Crippen LogP contribution < -0.4 is 20.2 Å². The molecule has 0 aliphatic carbocycles. The van der Waals surface area contributed by atoms with E-state index in [0.29, 0.717) is 29.1 Å². The summed E-state index contributed by atoms with van der Waals surface area (Å²) in [7, 11) is 0. The van der Waals surface area contributed by atoms with Gasteiger partial charge in [-0.3, -0.25) is 10.2 Å². The molecule has 8 heteroatoms. The predicted molar refractivity (Wildman–Crippen MR) is 141 cm³/mol. The van der Waals surface area contributed by atoms with Gasteiger partial charge >= 0.3 is 0 Å². The van der Waals surface area contributed by atoms with E-state index in [0.717, 1.165) is 37.2 Å². The lowest BCUT2D eigenvalue weighted by Crippen LogP contribution is -2.38. The number of benzene rings is 2. The van der Waals surface area contributed by atoms with Crippen molar-refractivity contribution in [1.29, 1.82) is 0 Å². The standard InChI is InChI=1S/C26H34N4O3S/c1-4-32-24-16-20(8-13-23(24)33-18-25(31)30-14-6-5-7-15-30)17-27-29-26(34)28-22-11-9-21(10-12-22)19(2)3/h8-13,16-17,19H,4-7,14-15,18H2,1-3H3,(H2,28,29,34)/b27-17+. The molecule has 0 unspecified atom stereocenters. The number of nitrogens with zero attached hydrogens (tertiary/aromatic N) is 2. The average molecular weight is 483 g/mol. The van der Waals surface area contributed by atoms with Crippen LogP contribution in [0.25, 0.3) is 0 Å². The summed E-state index contributed by atoms with van der Waals surface area (Å²) in [5.74, 6) is 1.61. The van der Waals surface area contributed by atoms with Gasteiger partial charge < -0.3 is 19.7 Å². The van der Waals surface area contributed by atoms with Gasteiger partial charge in [-0.05, 0) is 85.8 Å². The van der Waals surface area contributed by atoms with Crippen LogP contribution in [0.3, 0.4) is 0 Å². The molecule has 0 saturated carbocycles. The molecule has 1 aliphatic rings. The van der Waals surface area contributed by atoms with E-state index >= 15 is 0 Å². The molecule has 0 spiro atoms. The van der Waals surface area contributed by atoms with Crippen molar-refractivity contribution in [3.8, 4) is 11.5 Å². The lowest BCUT2D eigenvalue weighted by atomic mass is 10.0. The first-order valence-corrected chi connectivity index (χ1v) is 12.2. The molecule has 3 rings (SSSR count). The number of ether oxygens (including phenoxy) is 2. The minimum Gasteiger partial charge on any atom is -0.490 e. The van der Waals surface area contributed by atoms with Crippen LogP contribution in [0.2, 0.25) is 0 Å². The first-order chi connectivity index (χ1) is 16.5. The molecule has 2 aromatic carbocycles. The summed E-state index contributed by atoms with van der Waals surface area (Å²) in [5.41, 5.74) is 5.81. The van der Waals surface area contributed by atoms with E-state index < -0.39 is 0 Å². The number of anilines is 1. The van der Waals surface area contributed by atoms with E-state index in [-0.39, 0.29) is 12.5 Å². The van der Waals surface area contributed by atoms with Gasteiger partial charge in [0.2, 0.25) is 0 Å². The van der Waals surface area contributed by atoms with E-state index in [9.17, 15) is 4.79 Å². The molecule has 2 aromatic rings. The Bertz CT molecular complexity index is 986. The summed E-state index contributed by atoms with van der Waals surface area (Å²) in [6, 6.07) is 13.6. The number of nitrogens with one attached hydrogen (secondary N) is 2. The predicted octanol–water partition coefficient (Wildman–Crippen LogP) is 4.92. The van der Waals surface area contributed by atoms with Gasteiger partial charge in [0.25, 0.3) is 5.91 Å². The van der Waals surface area contributed by atoms with Gasteiger partial charge in [-0.15, -0.1) is 0 Å². The van der Waals surface area contributed by atoms with E-state index in [4.69, 9.17) is 21.7 Å². The van der Waals surface area contributed by atoms with Gasteiger partial charge in [0.05, 0.1) is 12.8 Å². The van der Waals surface area contributed by atoms with Crippen LogP contribution in [0.5, 0.6) is 11.5 Å². The number of amides is 1. The molecule has 2 N–H and O–H groups in total. The minimum absolute atomic E-state index is 0.00710. The average Bonchev–Trinajstić information content (AvgIpc) is 2.84. The molecule has 0 bridgehead atoms. The highest BCUT2D eigenvalue weighted by atomic mass is 32.1. The van der Waals surface area contributed by atoms with Crippen LogP contribution in [0.15, 0.2) is 47.6 Å². The number of hydrogen-bond donors (Lipinski definition) is 2. The zero-order chi connectivity index (χ0) is 24.3. The second kappa shape index (κ2) is 12.9. The molecule has 1 amide bonds. The summed E-state index contributed by atoms with van der Waals surface area (Å²) in [6.07, 6.45) is 4.95. The number of hydrogen-bond acceptors (Lipinski definition) is 5. The van der Waals surface area contributed by atoms with Crippen molar-refractivity contribution < 1.29 is 14.3 Å². The highest BCUT2D eigenvalue weighted by molar-refractivity contribution is 7.80. The Morgan fingerprint density at radius 2 is 1.82 bits per heavy atom. The fraction of sp³-hybridized carbons (Fsp3) is 0.423. The van der Waals surface area contributed by atoms with Gasteiger partial charge in [0.15, 0.2) is 23.2 Å². The smallest absolute Gasteiger partial charge is 0.260 e. The lowest BCUT2D eigenvalue weighted by molar-refractivity contribution is -0.134. The monoisotopic (exact) mass is 482 g/mol. The number of carbonyl (C=O) groups is 1. The maximum absolute atomic E-state index is 12.4. The van der Waals surface area contributed by atoms with Crippen molar-refractivity contribution >= 4 is 35.1 Å². The maximum atomic E-state index is 12.4. The summed E-state index contributed by atoms with van der Waals surface area (Å²) < 4.78 is 11.5. The van der Waals surface area contributed by atoms with Crippen molar-refractivity contribution in [1.82, 2.24) is 10.3 Å². The SMILES string of the molecule is CCOc1cc(/C=N/NC(=S)Nc2ccc(C(C)C)cc2)ccc1OCC(=O)N1CCCCC1. The molecule has 1 aliphatic heterocycles. The van der Waals surface area contributed by atoms with Crippen LogP contribution in [0.1, 0.15) is 57.1 Å². The Hall–Kier alpha value is -3.13. The second-order valence-electron chi connectivity index (χ2n) is 8.47. The number of carbonyl (C=O) groups excluding carboxylic acids is 1. The van der Waals surface area contributed by atoms with Crippen LogP contribution in [-0.2, 0) is 4.79 Å². The molecular formula is C26H34N4O3S. The van der Waals surface area contributed by atoms with Gasteiger partial charge in [-0.25, -0.2) is 0 Å². The topological polar surface area (TPSA) is 75.2 Å². The zero-order valence-corrected chi connectivity index (χ0v) is 21.0. The van der Waals surface area contributed by atoms with Crippen molar-refractivity contribution in [3.05, 3.63) is 53.6 Å². The third-order valence-corrected chi connectivity index (χ3v) is 5.74. The van der Waals surface area contributed by atoms with Crippen molar-refractivity contribution in [3.63, 3.8) is 0 Å². The van der Waals surface area contributed by atoms with Crippen molar-refractivity contribution in [2.45, 2.75) is 46.0 Å². The van der Waals surface area contributed by atoms with Crippen molar-refractivity contribution in [2.24, 2.45) is 5.10 Å². The Balaban J connectivity index is 1.53. The van der Waals surface area contributed by atoms with Crippen LogP contribution in [-0.4, -0.2) is 48.4 Å². The normalized spacial score (nSPS) is 13.7. The van der Waals surface area contributed by atoms with E-state index in [1.54, 1.807) is 12.3 Å². The first-order valence-electron chi connectivity index (χ1n) is 11.8. The molecule has 34 heavy (non-hydrogen) atoms. The Labute approximate surface area is 207 Å². The maximum Gasteiger partial charge on any atom is 0.260 e. The summed E-state index contributed by atoms with van der Waals surface area (Å²) in [4.78, 5) is 14.3. The van der Waals surface area contributed by atoms with Crippen LogP contribution in [0, 0.1) is 0 Å². The van der Waals surface area contributed by atoms with E-state index in [1.165, 1.54) is 12.0 Å². The third kappa shape index (κ3) is 7.73. The number of thiocarbonyl (C=S) groups is 1. The largest absolute Gasteiger partial charge is 0.490 e. The minimum atomic E-state index is 0.00710. The quantitative estimate of drug-likeness (QED) is 0.300. The lowest BCUT2D eigenvalue weighted by Gasteiger charge is -2.26. The second-order valence-corrected chi connectivity index (χ2v) is 8.88. The van der Waals surface area contributed by atoms with E-state index in [2.05, 4.69) is 41.8 Å². The fourth-order valence-electron chi connectivity index (χ4n) is 3.64. The van der Waals surface area contributed by atoms with Gasteiger partial charge in [0.1, 0.15) is 0 Å². The fourth-order valence-corrected chi connectivity index (χ4v) is 3.81. The Kier molecular flexibility index (Phi) is 9.70. The van der Waals surface area contributed by atoms with E-state index in [1.807, 2.05) is 36.1 Å². The first kappa shape index (κ1) is 25.5. The number of rotatable bonds is 9. The molecule has 0 radical (unpaired) electrons. The van der Waals surface area contributed by atoms with Crippen molar-refractivity contribution in [2.75, 3.05) is 31.6 Å². The Morgan fingerprint density at radius 1 is 1.09 bits per heavy atom. The van der Waals surface area contributed by atoms with Crippen LogP contribution >= 0.6 is 12.2 Å². The van der Waals surface area contributed by atoms with Gasteiger partial charge in [-0.2, -0.15) is 5.10 Å². The highest BCUT2D eigenvalue weighted by Gasteiger charge is 2.17. The number of hydrazone groups is 1. The molecule has 1 fully saturated rings. The molecule has 7 nitrogen and oxygen atoms in total. The highest BCUT2D eigenvalue weighted by Crippen LogP contribution is 2.28. The number of likely N-dealkylation sites (tertiary alicyclic amines) is 1.